The largest absolute Gasteiger partial charge is 0.467 e. The number of hydrogen-bond acceptors (Lipinski definition) is 9. The van der Waals surface area contributed by atoms with Crippen LogP contribution in [0.3, 0.4) is 0 Å². The van der Waals surface area contributed by atoms with Gasteiger partial charge in [0.25, 0.3) is 0 Å². The maximum absolute atomic E-state index is 12.2. The molecule has 3 heterocycles. The normalized spacial score (nSPS) is 16.1. The van der Waals surface area contributed by atoms with Crippen LogP contribution < -0.4 is 19.3 Å². The minimum Gasteiger partial charge on any atom is -0.467 e. The van der Waals surface area contributed by atoms with Crippen LogP contribution in [0.1, 0.15) is 18.2 Å². The number of likely N-dealkylation sites (N-methyl/N-ethyl adjacent to an activating group) is 1. The number of carbonyl (C=O) groups is 1. The fraction of sp³-hybridized carbons (Fsp3) is 0.452. The zero-order valence-corrected chi connectivity index (χ0v) is 24.5. The van der Waals surface area contributed by atoms with E-state index < -0.39 is 0 Å². The van der Waals surface area contributed by atoms with Crippen LogP contribution in [0, 0.1) is 0 Å². The fourth-order valence-corrected chi connectivity index (χ4v) is 5.64. The molecule has 5 rings (SSSR count). The number of ether oxygens (including phenoxy) is 3. The number of amides is 1. The van der Waals surface area contributed by atoms with Gasteiger partial charge in [0.15, 0.2) is 6.79 Å². The summed E-state index contributed by atoms with van der Waals surface area (Å²) in [5.41, 5.74) is 3.21. The van der Waals surface area contributed by atoms with Gasteiger partial charge in [-0.15, -0.1) is 0 Å². The number of hydrogen-bond donors (Lipinski definition) is 0. The van der Waals surface area contributed by atoms with E-state index in [2.05, 4.69) is 45.5 Å². The smallest absolute Gasteiger partial charge is 0.318 e. The SMILES string of the molecule is C=CC(=O)N1CCN(c2nc(O[C@@H](C)CN(C)C)nc3c2CCN(c2cc(OCOC)cc4ccccc24)C3)CC1. The topological polar surface area (TPSA) is 83.5 Å². The first-order valence-corrected chi connectivity index (χ1v) is 14.1. The van der Waals surface area contributed by atoms with Gasteiger partial charge < -0.3 is 33.8 Å². The standard InChI is InChI=1S/C31H40N6O4/c1-6-29(38)35-13-15-36(16-14-35)30-26-11-12-37(20-27(26)32-31(33-30)41-22(2)19-34(3)4)28-18-24(40-21-39-5)17-23-9-7-8-10-25(23)28/h6-10,17-18,22H,1,11-16,19-21H2,2-5H3/t22-/m0/s1. The third kappa shape index (κ3) is 6.55. The molecule has 1 fully saturated rings. The second-order valence-electron chi connectivity index (χ2n) is 10.8. The number of aromatic nitrogens is 2. The van der Waals surface area contributed by atoms with Crippen molar-refractivity contribution in [3.05, 3.63) is 60.3 Å². The van der Waals surface area contributed by atoms with Crippen molar-refractivity contribution in [1.29, 1.82) is 0 Å². The number of nitrogens with zero attached hydrogens (tertiary/aromatic N) is 6. The number of fused-ring (bicyclic) bond motifs is 2. The van der Waals surface area contributed by atoms with E-state index in [1.807, 2.05) is 38.1 Å². The molecule has 0 saturated carbocycles. The second kappa shape index (κ2) is 12.7. The molecular formula is C31H40N6O4. The summed E-state index contributed by atoms with van der Waals surface area (Å²) in [5, 5.41) is 2.27. The van der Waals surface area contributed by atoms with Gasteiger partial charge in [0.2, 0.25) is 5.91 Å². The van der Waals surface area contributed by atoms with E-state index in [1.165, 1.54) is 6.08 Å². The Morgan fingerprint density at radius 3 is 2.61 bits per heavy atom. The van der Waals surface area contributed by atoms with Crippen molar-refractivity contribution in [2.45, 2.75) is 26.0 Å². The van der Waals surface area contributed by atoms with Crippen LogP contribution in [-0.2, 0) is 22.5 Å². The molecule has 1 amide bonds. The van der Waals surface area contributed by atoms with Gasteiger partial charge in [-0.25, -0.2) is 0 Å². The number of anilines is 2. The molecule has 218 valence electrons. The predicted octanol–water partition coefficient (Wildman–Crippen LogP) is 3.34. The Kier molecular flexibility index (Phi) is 8.90. The molecular weight excluding hydrogens is 520 g/mol. The van der Waals surface area contributed by atoms with Crippen LogP contribution in [0.15, 0.2) is 49.1 Å². The van der Waals surface area contributed by atoms with E-state index >= 15 is 0 Å². The molecule has 2 aromatic carbocycles. The number of piperazine rings is 1. The average Bonchev–Trinajstić information content (AvgIpc) is 2.98. The molecule has 0 bridgehead atoms. The Balaban J connectivity index is 1.48. The Labute approximate surface area is 242 Å². The fourth-order valence-electron chi connectivity index (χ4n) is 5.64. The molecule has 0 radical (unpaired) electrons. The third-order valence-corrected chi connectivity index (χ3v) is 7.51. The number of methoxy groups -OCH3 is 1. The summed E-state index contributed by atoms with van der Waals surface area (Å²) in [7, 11) is 5.67. The minimum atomic E-state index is -0.0730. The van der Waals surface area contributed by atoms with Crippen molar-refractivity contribution in [2.24, 2.45) is 0 Å². The van der Waals surface area contributed by atoms with Crippen LogP contribution >= 0.6 is 0 Å². The Bertz CT molecular complexity index is 1390. The molecule has 10 heteroatoms. The van der Waals surface area contributed by atoms with Crippen molar-refractivity contribution in [2.75, 3.05) is 77.1 Å². The lowest BCUT2D eigenvalue weighted by molar-refractivity contribution is -0.126. The van der Waals surface area contributed by atoms with Crippen molar-refractivity contribution >= 4 is 28.2 Å². The zero-order valence-electron chi connectivity index (χ0n) is 24.5. The maximum atomic E-state index is 12.2. The predicted molar refractivity (Wildman–Crippen MR) is 161 cm³/mol. The Hall–Kier alpha value is -3.89. The summed E-state index contributed by atoms with van der Waals surface area (Å²) >= 11 is 0. The lowest BCUT2D eigenvalue weighted by Crippen LogP contribution is -2.49. The molecule has 41 heavy (non-hydrogen) atoms. The van der Waals surface area contributed by atoms with E-state index in [0.29, 0.717) is 38.7 Å². The first-order valence-electron chi connectivity index (χ1n) is 14.1. The molecule has 0 spiro atoms. The van der Waals surface area contributed by atoms with Gasteiger partial charge in [0.05, 0.1) is 12.2 Å². The first kappa shape index (κ1) is 28.6. The van der Waals surface area contributed by atoms with Gasteiger partial charge in [0, 0.05) is 69.1 Å². The van der Waals surface area contributed by atoms with Crippen LogP contribution in [0.5, 0.6) is 11.8 Å². The molecule has 0 N–H and O–H groups in total. The molecule has 10 nitrogen and oxygen atoms in total. The zero-order chi connectivity index (χ0) is 28.9. The van der Waals surface area contributed by atoms with E-state index in [0.717, 1.165) is 58.8 Å². The van der Waals surface area contributed by atoms with Gasteiger partial charge in [0.1, 0.15) is 17.7 Å². The molecule has 3 aromatic rings. The molecule has 2 aliphatic rings. The molecule has 1 saturated heterocycles. The van der Waals surface area contributed by atoms with Crippen molar-refractivity contribution < 1.29 is 19.0 Å². The van der Waals surface area contributed by atoms with E-state index in [4.69, 9.17) is 24.2 Å². The summed E-state index contributed by atoms with van der Waals surface area (Å²) in [4.78, 5) is 30.6. The summed E-state index contributed by atoms with van der Waals surface area (Å²) in [5.74, 6) is 1.65. The highest BCUT2D eigenvalue weighted by molar-refractivity contribution is 5.96. The third-order valence-electron chi connectivity index (χ3n) is 7.51. The summed E-state index contributed by atoms with van der Waals surface area (Å²) < 4.78 is 17.3. The van der Waals surface area contributed by atoms with Crippen molar-refractivity contribution in [1.82, 2.24) is 19.8 Å². The summed E-state index contributed by atoms with van der Waals surface area (Å²) in [6, 6.07) is 12.9. The molecule has 1 atom stereocenters. The number of carbonyl (C=O) groups excluding carboxylic acids is 1. The number of benzene rings is 2. The summed E-state index contributed by atoms with van der Waals surface area (Å²) in [6.45, 7) is 10.7. The van der Waals surface area contributed by atoms with Crippen molar-refractivity contribution in [3.63, 3.8) is 0 Å². The molecule has 2 aliphatic heterocycles. The minimum absolute atomic E-state index is 0.0320. The van der Waals surface area contributed by atoms with E-state index in [1.54, 1.807) is 7.11 Å². The van der Waals surface area contributed by atoms with Crippen LogP contribution in [0.25, 0.3) is 10.8 Å². The molecule has 0 aliphatic carbocycles. The monoisotopic (exact) mass is 560 g/mol. The molecule has 0 unspecified atom stereocenters. The average molecular weight is 561 g/mol. The second-order valence-corrected chi connectivity index (χ2v) is 10.8. The lowest BCUT2D eigenvalue weighted by atomic mass is 10.0. The quantitative estimate of drug-likeness (QED) is 0.274. The van der Waals surface area contributed by atoms with Crippen molar-refractivity contribution in [3.8, 4) is 11.8 Å². The number of rotatable bonds is 10. The summed E-state index contributed by atoms with van der Waals surface area (Å²) in [6.07, 6.45) is 2.10. The highest BCUT2D eigenvalue weighted by atomic mass is 16.7. The maximum Gasteiger partial charge on any atom is 0.318 e. The van der Waals surface area contributed by atoms with Crippen LogP contribution in [0.4, 0.5) is 11.5 Å². The molecule has 1 aromatic heterocycles. The van der Waals surface area contributed by atoms with Crippen LogP contribution in [-0.4, -0.2) is 99.0 Å². The van der Waals surface area contributed by atoms with Gasteiger partial charge in [-0.1, -0.05) is 30.8 Å². The lowest BCUT2D eigenvalue weighted by Gasteiger charge is -2.38. The van der Waals surface area contributed by atoms with E-state index in [9.17, 15) is 4.79 Å². The first-order chi connectivity index (χ1) is 19.9. The van der Waals surface area contributed by atoms with Crippen LogP contribution in [0.2, 0.25) is 0 Å². The van der Waals surface area contributed by atoms with Gasteiger partial charge in [-0.05, 0) is 45.0 Å². The Morgan fingerprint density at radius 1 is 1.10 bits per heavy atom. The van der Waals surface area contributed by atoms with E-state index in [-0.39, 0.29) is 18.8 Å². The van der Waals surface area contributed by atoms with Gasteiger partial charge >= 0.3 is 6.01 Å². The highest BCUT2D eigenvalue weighted by Crippen LogP contribution is 2.37. The van der Waals surface area contributed by atoms with Gasteiger partial charge in [-0.3, -0.25) is 4.79 Å². The Morgan fingerprint density at radius 2 is 1.88 bits per heavy atom. The highest BCUT2D eigenvalue weighted by Gasteiger charge is 2.29. The van der Waals surface area contributed by atoms with Gasteiger partial charge in [-0.2, -0.15) is 9.97 Å².